The molecule has 0 heterocycles. The topological polar surface area (TPSA) is 93.5 Å². The van der Waals surface area contributed by atoms with Gasteiger partial charge in [0.1, 0.15) is 11.8 Å². The van der Waals surface area contributed by atoms with Crippen LogP contribution < -0.4 is 15.4 Å². The lowest BCUT2D eigenvalue weighted by Crippen LogP contribution is -2.32. The van der Waals surface area contributed by atoms with E-state index in [1.165, 1.54) is 25.3 Å². The van der Waals surface area contributed by atoms with Crippen LogP contribution >= 0.6 is 0 Å². The van der Waals surface area contributed by atoms with Gasteiger partial charge in [0, 0.05) is 17.8 Å². The average Bonchev–Trinajstić information content (AvgIpc) is 2.53. The van der Waals surface area contributed by atoms with Crippen LogP contribution in [0.5, 0.6) is 5.75 Å². The highest BCUT2D eigenvalue weighted by molar-refractivity contribution is 5.97. The molecule has 0 aliphatic rings. The number of carbonyl (C=O) groups excluding carboxylic acids is 1. The molecule has 2 aromatic rings. The summed E-state index contributed by atoms with van der Waals surface area (Å²) in [4.78, 5) is 22.8. The Morgan fingerprint density at radius 3 is 2.36 bits per heavy atom. The fourth-order valence-electron chi connectivity index (χ4n) is 2.52. The third kappa shape index (κ3) is 4.69. The van der Waals surface area contributed by atoms with Gasteiger partial charge >= 0.3 is 0 Å². The minimum atomic E-state index is -0.537. The van der Waals surface area contributed by atoms with Crippen LogP contribution in [-0.2, 0) is 4.79 Å². The van der Waals surface area contributed by atoms with Crippen molar-refractivity contribution in [1.29, 1.82) is 0 Å². The van der Waals surface area contributed by atoms with Crippen LogP contribution in [0.25, 0.3) is 0 Å². The Balaban J connectivity index is 2.15. The van der Waals surface area contributed by atoms with Crippen LogP contribution in [0.3, 0.4) is 0 Å². The normalized spacial score (nSPS) is 11.5. The van der Waals surface area contributed by atoms with E-state index in [1.54, 1.807) is 6.92 Å². The Labute approximate surface area is 146 Å². The molecule has 0 saturated heterocycles. The van der Waals surface area contributed by atoms with Gasteiger partial charge in [-0.3, -0.25) is 14.9 Å². The van der Waals surface area contributed by atoms with Crippen molar-refractivity contribution in [2.24, 2.45) is 0 Å². The zero-order valence-corrected chi connectivity index (χ0v) is 14.6. The van der Waals surface area contributed by atoms with E-state index in [2.05, 4.69) is 10.6 Å². The number of anilines is 2. The van der Waals surface area contributed by atoms with Gasteiger partial charge in [-0.05, 0) is 50.1 Å². The van der Waals surface area contributed by atoms with Gasteiger partial charge in [-0.25, -0.2) is 0 Å². The van der Waals surface area contributed by atoms with E-state index in [4.69, 9.17) is 4.74 Å². The predicted molar refractivity (Wildman–Crippen MR) is 97.3 cm³/mol. The monoisotopic (exact) mass is 343 g/mol. The van der Waals surface area contributed by atoms with Crippen LogP contribution in [0, 0.1) is 24.0 Å². The first-order valence-electron chi connectivity index (χ1n) is 7.78. The van der Waals surface area contributed by atoms with E-state index < -0.39 is 11.0 Å². The van der Waals surface area contributed by atoms with Gasteiger partial charge < -0.3 is 15.4 Å². The molecule has 7 nitrogen and oxygen atoms in total. The first kappa shape index (κ1) is 18.3. The Hall–Kier alpha value is -3.09. The number of rotatable bonds is 6. The molecule has 2 N–H and O–H groups in total. The van der Waals surface area contributed by atoms with Gasteiger partial charge in [0.15, 0.2) is 0 Å². The van der Waals surface area contributed by atoms with Gasteiger partial charge in [-0.2, -0.15) is 0 Å². The molecule has 0 spiro atoms. The zero-order valence-electron chi connectivity index (χ0n) is 14.6. The lowest BCUT2D eigenvalue weighted by atomic mass is 10.1. The molecule has 2 aromatic carbocycles. The van der Waals surface area contributed by atoms with Gasteiger partial charge in [0.2, 0.25) is 5.91 Å². The molecule has 25 heavy (non-hydrogen) atoms. The summed E-state index contributed by atoms with van der Waals surface area (Å²) >= 11 is 0. The van der Waals surface area contributed by atoms with Crippen molar-refractivity contribution in [3.8, 4) is 5.75 Å². The maximum atomic E-state index is 12.4. The van der Waals surface area contributed by atoms with Crippen molar-refractivity contribution in [3.63, 3.8) is 0 Å². The number of non-ortho nitro benzene ring substituents is 1. The largest absolute Gasteiger partial charge is 0.495 e. The van der Waals surface area contributed by atoms with Gasteiger partial charge in [0.05, 0.1) is 17.7 Å². The van der Waals surface area contributed by atoms with E-state index in [9.17, 15) is 14.9 Å². The smallest absolute Gasteiger partial charge is 0.271 e. The van der Waals surface area contributed by atoms with Gasteiger partial charge in [-0.1, -0.05) is 6.07 Å². The summed E-state index contributed by atoms with van der Waals surface area (Å²) < 4.78 is 5.15. The maximum absolute atomic E-state index is 12.4. The molecule has 1 unspecified atom stereocenters. The Morgan fingerprint density at radius 1 is 1.16 bits per heavy atom. The number of nitrogens with one attached hydrogen (secondary N) is 2. The SMILES string of the molecule is COc1ccc([N+](=O)[O-])cc1NC(=O)C(C)Nc1cc(C)cc(C)c1. The number of amides is 1. The fourth-order valence-corrected chi connectivity index (χ4v) is 2.52. The van der Waals surface area contributed by atoms with Crippen LogP contribution in [0.1, 0.15) is 18.1 Å². The highest BCUT2D eigenvalue weighted by Crippen LogP contribution is 2.29. The fraction of sp³-hybridized carbons (Fsp3) is 0.278. The van der Waals surface area contributed by atoms with E-state index in [0.29, 0.717) is 5.75 Å². The predicted octanol–water partition coefficient (Wildman–Crippen LogP) is 3.66. The molecule has 0 bridgehead atoms. The second-order valence-corrected chi connectivity index (χ2v) is 5.87. The van der Waals surface area contributed by atoms with Crippen molar-refractivity contribution in [2.75, 3.05) is 17.7 Å². The second kappa shape index (κ2) is 7.65. The summed E-state index contributed by atoms with van der Waals surface area (Å²) in [5.41, 5.74) is 3.17. The molecule has 7 heteroatoms. The van der Waals surface area contributed by atoms with Crippen molar-refractivity contribution in [1.82, 2.24) is 0 Å². The highest BCUT2D eigenvalue weighted by Gasteiger charge is 2.17. The zero-order chi connectivity index (χ0) is 18.6. The van der Waals surface area contributed by atoms with Gasteiger partial charge in [-0.15, -0.1) is 0 Å². The minimum absolute atomic E-state index is 0.119. The molecule has 1 atom stereocenters. The quantitative estimate of drug-likeness (QED) is 0.617. The molecule has 0 aliphatic heterocycles. The highest BCUT2D eigenvalue weighted by atomic mass is 16.6. The number of methoxy groups -OCH3 is 1. The number of hydrogen-bond donors (Lipinski definition) is 2. The number of benzene rings is 2. The van der Waals surface area contributed by atoms with Crippen molar-refractivity contribution >= 4 is 23.0 Å². The lowest BCUT2D eigenvalue weighted by Gasteiger charge is -2.17. The summed E-state index contributed by atoms with van der Waals surface area (Å²) in [5.74, 6) is 0.0375. The van der Waals surface area contributed by atoms with E-state index in [-0.39, 0.29) is 17.3 Å². The number of ether oxygens (including phenoxy) is 1. The molecule has 132 valence electrons. The van der Waals surface area contributed by atoms with Crippen LogP contribution in [0.4, 0.5) is 17.1 Å². The third-order valence-corrected chi connectivity index (χ3v) is 3.65. The molecular formula is C18H21N3O4. The summed E-state index contributed by atoms with van der Waals surface area (Å²) in [7, 11) is 1.44. The average molecular weight is 343 g/mol. The standard InChI is InChI=1S/C18H21N3O4/c1-11-7-12(2)9-14(8-11)19-13(3)18(22)20-16-10-15(21(23)24)5-6-17(16)25-4/h5-10,13,19H,1-4H3,(H,20,22). The lowest BCUT2D eigenvalue weighted by molar-refractivity contribution is -0.384. The molecule has 0 aromatic heterocycles. The molecule has 1 amide bonds. The van der Waals surface area contributed by atoms with E-state index in [0.717, 1.165) is 16.8 Å². The number of carbonyl (C=O) groups is 1. The molecule has 0 aliphatic carbocycles. The third-order valence-electron chi connectivity index (χ3n) is 3.65. The summed E-state index contributed by atoms with van der Waals surface area (Å²) in [6.45, 7) is 5.69. The van der Waals surface area contributed by atoms with E-state index >= 15 is 0 Å². The number of hydrogen-bond acceptors (Lipinski definition) is 5. The molecule has 2 rings (SSSR count). The minimum Gasteiger partial charge on any atom is -0.495 e. The number of nitro benzene ring substituents is 1. The van der Waals surface area contributed by atoms with E-state index in [1.807, 2.05) is 32.0 Å². The van der Waals surface area contributed by atoms with Crippen molar-refractivity contribution in [2.45, 2.75) is 26.8 Å². The van der Waals surface area contributed by atoms with Crippen molar-refractivity contribution in [3.05, 3.63) is 57.6 Å². The summed E-state index contributed by atoms with van der Waals surface area (Å²) in [6, 6.07) is 9.46. The number of nitro groups is 1. The van der Waals surface area contributed by atoms with Crippen LogP contribution in [-0.4, -0.2) is 24.0 Å². The molecule has 0 saturated carbocycles. The molecular weight excluding hydrogens is 322 g/mol. The number of aryl methyl sites for hydroxylation is 2. The second-order valence-electron chi connectivity index (χ2n) is 5.87. The number of nitrogens with zero attached hydrogens (tertiary/aromatic N) is 1. The van der Waals surface area contributed by atoms with Crippen LogP contribution in [0.2, 0.25) is 0 Å². The Morgan fingerprint density at radius 2 is 1.80 bits per heavy atom. The first-order valence-corrected chi connectivity index (χ1v) is 7.78. The first-order chi connectivity index (χ1) is 11.8. The Bertz CT molecular complexity index is 785. The maximum Gasteiger partial charge on any atom is 0.271 e. The van der Waals surface area contributed by atoms with Crippen LogP contribution in [0.15, 0.2) is 36.4 Å². The Kier molecular flexibility index (Phi) is 5.59. The molecule has 0 radical (unpaired) electrons. The van der Waals surface area contributed by atoms with Crippen molar-refractivity contribution < 1.29 is 14.5 Å². The summed E-state index contributed by atoms with van der Waals surface area (Å²) in [5, 5.41) is 16.7. The summed E-state index contributed by atoms with van der Waals surface area (Å²) in [6.07, 6.45) is 0. The van der Waals surface area contributed by atoms with Gasteiger partial charge in [0.25, 0.3) is 5.69 Å². The molecule has 0 fully saturated rings.